The molecule has 1 amide bonds. The van der Waals surface area contributed by atoms with Crippen molar-refractivity contribution in [3.8, 4) is 0 Å². The van der Waals surface area contributed by atoms with E-state index in [2.05, 4.69) is 10.6 Å². The van der Waals surface area contributed by atoms with E-state index < -0.39 is 11.7 Å². The summed E-state index contributed by atoms with van der Waals surface area (Å²) in [4.78, 5) is 11.7. The highest BCUT2D eigenvalue weighted by Crippen LogP contribution is 2.32. The van der Waals surface area contributed by atoms with Crippen LogP contribution in [0.4, 0.5) is 14.9 Å². The van der Waals surface area contributed by atoms with Crippen molar-refractivity contribution >= 4 is 23.5 Å². The maximum atomic E-state index is 14.2. The van der Waals surface area contributed by atoms with Crippen LogP contribution in [0.15, 0.2) is 18.2 Å². The molecule has 1 aliphatic rings. The number of hydrogen-bond donors (Lipinski definition) is 2. The standard InChI is InChI=1S/C15H21FN2O2S/c1-15(2,3)20-14(19)18-10-4-5-11(12(16)8-10)13-9-17-6-7-21-13/h4-5,8,13,17H,6-7,9H2,1-3H3,(H,18,19). The van der Waals surface area contributed by atoms with Gasteiger partial charge >= 0.3 is 6.09 Å². The van der Waals surface area contributed by atoms with E-state index in [1.54, 1.807) is 44.7 Å². The van der Waals surface area contributed by atoms with Crippen LogP contribution in [0.3, 0.4) is 0 Å². The van der Waals surface area contributed by atoms with Crippen LogP contribution in [0.2, 0.25) is 0 Å². The summed E-state index contributed by atoms with van der Waals surface area (Å²) in [5, 5.41) is 5.92. The lowest BCUT2D eigenvalue weighted by Gasteiger charge is -2.23. The Kier molecular flexibility index (Phi) is 5.11. The van der Waals surface area contributed by atoms with Crippen LogP contribution < -0.4 is 10.6 Å². The highest BCUT2D eigenvalue weighted by atomic mass is 32.2. The van der Waals surface area contributed by atoms with E-state index in [1.165, 1.54) is 6.07 Å². The minimum Gasteiger partial charge on any atom is -0.444 e. The lowest BCUT2D eigenvalue weighted by Crippen LogP contribution is -2.28. The number of rotatable bonds is 2. The van der Waals surface area contributed by atoms with Gasteiger partial charge in [-0.2, -0.15) is 11.8 Å². The number of amides is 1. The van der Waals surface area contributed by atoms with Gasteiger partial charge in [-0.3, -0.25) is 5.32 Å². The van der Waals surface area contributed by atoms with Crippen LogP contribution in [-0.2, 0) is 4.74 Å². The summed E-state index contributed by atoms with van der Waals surface area (Å²) in [5.41, 5.74) is 0.494. The molecule has 1 saturated heterocycles. The Labute approximate surface area is 128 Å². The quantitative estimate of drug-likeness (QED) is 0.877. The SMILES string of the molecule is CC(C)(C)OC(=O)Nc1ccc(C2CNCCS2)c(F)c1. The first-order valence-corrected chi connectivity index (χ1v) is 8.02. The van der Waals surface area contributed by atoms with Crippen molar-refractivity contribution < 1.29 is 13.9 Å². The molecular formula is C15H21FN2O2S. The van der Waals surface area contributed by atoms with Crippen molar-refractivity contribution in [3.63, 3.8) is 0 Å². The highest BCUT2D eigenvalue weighted by Gasteiger charge is 2.20. The minimum atomic E-state index is -0.580. The fraction of sp³-hybridized carbons (Fsp3) is 0.533. The first-order valence-electron chi connectivity index (χ1n) is 6.97. The molecule has 2 rings (SSSR count). The summed E-state index contributed by atoms with van der Waals surface area (Å²) in [7, 11) is 0. The first kappa shape index (κ1) is 16.1. The van der Waals surface area contributed by atoms with E-state index in [9.17, 15) is 9.18 Å². The number of thioether (sulfide) groups is 1. The number of halogens is 1. The molecule has 116 valence electrons. The molecule has 1 aromatic rings. The van der Waals surface area contributed by atoms with Gasteiger partial charge in [0, 0.05) is 35.3 Å². The smallest absolute Gasteiger partial charge is 0.412 e. The maximum Gasteiger partial charge on any atom is 0.412 e. The molecule has 0 aliphatic carbocycles. The molecule has 6 heteroatoms. The van der Waals surface area contributed by atoms with Gasteiger partial charge in [-0.25, -0.2) is 9.18 Å². The predicted octanol–water partition coefficient (Wildman–Crippen LogP) is 3.55. The van der Waals surface area contributed by atoms with Crippen molar-refractivity contribution in [3.05, 3.63) is 29.6 Å². The molecular weight excluding hydrogens is 291 g/mol. The van der Waals surface area contributed by atoms with Crippen LogP contribution in [0.1, 0.15) is 31.6 Å². The van der Waals surface area contributed by atoms with Gasteiger partial charge in [0.15, 0.2) is 0 Å². The van der Waals surface area contributed by atoms with Crippen molar-refractivity contribution in [2.45, 2.75) is 31.6 Å². The van der Waals surface area contributed by atoms with E-state index in [1.807, 2.05) is 0 Å². The number of ether oxygens (including phenoxy) is 1. The normalized spacial score (nSPS) is 19.1. The molecule has 2 N–H and O–H groups in total. The molecule has 0 bridgehead atoms. The van der Waals surface area contributed by atoms with Crippen molar-refractivity contribution in [2.24, 2.45) is 0 Å². The Balaban J connectivity index is 2.03. The van der Waals surface area contributed by atoms with Crippen molar-refractivity contribution in [1.29, 1.82) is 0 Å². The lowest BCUT2D eigenvalue weighted by molar-refractivity contribution is 0.0636. The van der Waals surface area contributed by atoms with Crippen molar-refractivity contribution in [2.75, 3.05) is 24.2 Å². The molecule has 0 saturated carbocycles. The molecule has 0 spiro atoms. The van der Waals surface area contributed by atoms with Gasteiger partial charge in [0.2, 0.25) is 0 Å². The molecule has 21 heavy (non-hydrogen) atoms. The van der Waals surface area contributed by atoms with Crippen molar-refractivity contribution in [1.82, 2.24) is 5.32 Å². The number of carbonyl (C=O) groups excluding carboxylic acids is 1. The second kappa shape index (κ2) is 6.66. The monoisotopic (exact) mass is 312 g/mol. The highest BCUT2D eigenvalue weighted by molar-refractivity contribution is 7.99. The summed E-state index contributed by atoms with van der Waals surface area (Å²) >= 11 is 1.74. The van der Waals surface area contributed by atoms with Crippen LogP contribution in [-0.4, -0.2) is 30.5 Å². The van der Waals surface area contributed by atoms with Gasteiger partial charge < -0.3 is 10.1 Å². The largest absolute Gasteiger partial charge is 0.444 e. The lowest BCUT2D eigenvalue weighted by atomic mass is 10.1. The summed E-state index contributed by atoms with van der Waals surface area (Å²) in [6.07, 6.45) is -0.580. The Hall–Kier alpha value is -1.27. The van der Waals surface area contributed by atoms with Crippen LogP contribution >= 0.6 is 11.8 Å². The zero-order valence-corrected chi connectivity index (χ0v) is 13.3. The van der Waals surface area contributed by atoms with Crippen LogP contribution in [0, 0.1) is 5.82 Å². The van der Waals surface area contributed by atoms with E-state index >= 15 is 0 Å². The Morgan fingerprint density at radius 3 is 2.81 bits per heavy atom. The van der Waals surface area contributed by atoms with Gasteiger partial charge in [-0.1, -0.05) is 6.07 Å². The number of benzene rings is 1. The third-order valence-corrected chi connectivity index (χ3v) is 4.18. The molecule has 1 aromatic carbocycles. The zero-order valence-electron chi connectivity index (χ0n) is 12.5. The zero-order chi connectivity index (χ0) is 15.5. The predicted molar refractivity (Wildman–Crippen MR) is 84.3 cm³/mol. The number of carbonyl (C=O) groups is 1. The van der Waals surface area contributed by atoms with Gasteiger partial charge in [-0.15, -0.1) is 0 Å². The number of hydrogen-bond acceptors (Lipinski definition) is 4. The molecule has 4 nitrogen and oxygen atoms in total. The topological polar surface area (TPSA) is 50.4 Å². The van der Waals surface area contributed by atoms with Gasteiger partial charge in [-0.05, 0) is 32.9 Å². The minimum absolute atomic E-state index is 0.120. The average molecular weight is 312 g/mol. The molecule has 1 fully saturated rings. The summed E-state index contributed by atoms with van der Waals surface area (Å²) in [6.45, 7) is 7.07. The third kappa shape index (κ3) is 4.89. The van der Waals surface area contributed by atoms with Crippen LogP contribution in [0.25, 0.3) is 0 Å². The van der Waals surface area contributed by atoms with E-state index in [0.717, 1.165) is 18.8 Å². The van der Waals surface area contributed by atoms with E-state index in [-0.39, 0.29) is 11.1 Å². The Morgan fingerprint density at radius 2 is 2.24 bits per heavy atom. The van der Waals surface area contributed by atoms with E-state index in [4.69, 9.17) is 4.74 Å². The first-order chi connectivity index (χ1) is 9.85. The average Bonchev–Trinajstić information content (AvgIpc) is 2.37. The second-order valence-electron chi connectivity index (χ2n) is 5.93. The fourth-order valence-corrected chi connectivity index (χ4v) is 3.21. The molecule has 1 aliphatic heterocycles. The molecule has 0 aromatic heterocycles. The van der Waals surface area contributed by atoms with Gasteiger partial charge in [0.05, 0.1) is 0 Å². The Bertz CT molecular complexity index is 511. The molecule has 1 unspecified atom stereocenters. The van der Waals surface area contributed by atoms with Crippen LogP contribution in [0.5, 0.6) is 0 Å². The summed E-state index contributed by atoms with van der Waals surface area (Å²) in [5.74, 6) is 0.673. The number of nitrogens with one attached hydrogen (secondary N) is 2. The Morgan fingerprint density at radius 1 is 1.48 bits per heavy atom. The van der Waals surface area contributed by atoms with Gasteiger partial charge in [0.1, 0.15) is 11.4 Å². The maximum absolute atomic E-state index is 14.2. The number of anilines is 1. The molecule has 0 radical (unpaired) electrons. The van der Waals surface area contributed by atoms with E-state index in [0.29, 0.717) is 11.3 Å². The molecule has 1 heterocycles. The van der Waals surface area contributed by atoms with Gasteiger partial charge in [0.25, 0.3) is 0 Å². The summed E-state index contributed by atoms with van der Waals surface area (Å²) in [6, 6.07) is 4.78. The second-order valence-corrected chi connectivity index (χ2v) is 7.24. The summed E-state index contributed by atoms with van der Waals surface area (Å²) < 4.78 is 19.3. The molecule has 1 atom stereocenters. The third-order valence-electron chi connectivity index (χ3n) is 2.92. The fourth-order valence-electron chi connectivity index (χ4n) is 2.05.